The minimum Gasteiger partial charge on any atom is -0.494 e. The van der Waals surface area contributed by atoms with Crippen LogP contribution in [0.5, 0.6) is 5.75 Å². The summed E-state index contributed by atoms with van der Waals surface area (Å²) in [6.07, 6.45) is 6.05. The van der Waals surface area contributed by atoms with E-state index in [9.17, 15) is 4.79 Å². The third-order valence-corrected chi connectivity index (χ3v) is 5.44. The molecule has 4 rings (SSSR count). The molecule has 0 radical (unpaired) electrons. The van der Waals surface area contributed by atoms with Crippen molar-refractivity contribution < 1.29 is 9.53 Å². The molecule has 2 N–H and O–H groups in total. The van der Waals surface area contributed by atoms with Crippen molar-refractivity contribution in [1.82, 2.24) is 9.97 Å². The van der Waals surface area contributed by atoms with E-state index in [4.69, 9.17) is 4.74 Å². The SMILES string of the molecule is CCCCCCCOc1ccc(C(=O)Nc2ccc(-c3nc4ccccc4[nH]3)cc2)cc1. The fourth-order valence-corrected chi connectivity index (χ4v) is 3.60. The third kappa shape index (κ3) is 5.55. The standard InChI is InChI=1S/C27H29N3O2/c1-2-3-4-5-8-19-32-23-17-13-21(14-18-23)27(31)28-22-15-11-20(12-16-22)26-29-24-9-6-7-10-25(24)30-26/h6-7,9-18H,2-5,8,19H2,1H3,(H,28,31)(H,29,30). The molecule has 4 aromatic rings. The van der Waals surface area contributed by atoms with E-state index in [0.717, 1.165) is 40.3 Å². The van der Waals surface area contributed by atoms with Gasteiger partial charge in [-0.3, -0.25) is 4.79 Å². The van der Waals surface area contributed by atoms with Gasteiger partial charge in [0.05, 0.1) is 17.6 Å². The zero-order chi connectivity index (χ0) is 22.2. The van der Waals surface area contributed by atoms with Crippen molar-refractivity contribution in [3.8, 4) is 17.1 Å². The molecule has 0 atom stereocenters. The number of ether oxygens (including phenoxy) is 1. The van der Waals surface area contributed by atoms with Crippen molar-refractivity contribution in [1.29, 1.82) is 0 Å². The van der Waals surface area contributed by atoms with Gasteiger partial charge in [0.1, 0.15) is 11.6 Å². The number of carbonyl (C=O) groups excluding carboxylic acids is 1. The number of H-pyrrole nitrogens is 1. The summed E-state index contributed by atoms with van der Waals surface area (Å²) in [4.78, 5) is 20.5. The van der Waals surface area contributed by atoms with Gasteiger partial charge in [-0.15, -0.1) is 0 Å². The van der Waals surface area contributed by atoms with Crippen molar-refractivity contribution in [3.05, 3.63) is 78.4 Å². The van der Waals surface area contributed by atoms with Crippen LogP contribution in [0.25, 0.3) is 22.4 Å². The number of imidazole rings is 1. The molecule has 0 aliphatic rings. The topological polar surface area (TPSA) is 67.0 Å². The van der Waals surface area contributed by atoms with Gasteiger partial charge in [-0.25, -0.2) is 4.98 Å². The van der Waals surface area contributed by atoms with Crippen LogP contribution in [0.2, 0.25) is 0 Å². The monoisotopic (exact) mass is 427 g/mol. The fourth-order valence-electron chi connectivity index (χ4n) is 3.60. The molecular formula is C27H29N3O2. The zero-order valence-electron chi connectivity index (χ0n) is 18.4. The quantitative estimate of drug-likeness (QED) is 0.273. The van der Waals surface area contributed by atoms with Gasteiger partial charge in [0.2, 0.25) is 0 Å². The van der Waals surface area contributed by atoms with Crippen LogP contribution >= 0.6 is 0 Å². The summed E-state index contributed by atoms with van der Waals surface area (Å²) in [5.41, 5.74) is 4.24. The van der Waals surface area contributed by atoms with Crippen LogP contribution < -0.4 is 10.1 Å². The van der Waals surface area contributed by atoms with E-state index in [1.807, 2.05) is 60.7 Å². The third-order valence-electron chi connectivity index (χ3n) is 5.44. The van der Waals surface area contributed by atoms with E-state index >= 15 is 0 Å². The molecular weight excluding hydrogens is 398 g/mol. The van der Waals surface area contributed by atoms with Gasteiger partial charge < -0.3 is 15.0 Å². The molecule has 1 aromatic heterocycles. The Morgan fingerprint density at radius 1 is 0.906 bits per heavy atom. The molecule has 0 saturated heterocycles. The van der Waals surface area contributed by atoms with Crippen LogP contribution in [-0.2, 0) is 0 Å². The first-order valence-electron chi connectivity index (χ1n) is 11.3. The molecule has 1 heterocycles. The number of unbranched alkanes of at least 4 members (excludes halogenated alkanes) is 4. The highest BCUT2D eigenvalue weighted by Crippen LogP contribution is 2.22. The molecule has 164 valence electrons. The normalized spacial score (nSPS) is 10.9. The first-order valence-corrected chi connectivity index (χ1v) is 11.3. The van der Waals surface area contributed by atoms with Gasteiger partial charge in [0.25, 0.3) is 5.91 Å². The second-order valence-electron chi connectivity index (χ2n) is 7.92. The first-order chi connectivity index (χ1) is 15.7. The second-order valence-corrected chi connectivity index (χ2v) is 7.92. The van der Waals surface area contributed by atoms with Crippen molar-refractivity contribution in [2.45, 2.75) is 39.0 Å². The number of rotatable bonds is 10. The highest BCUT2D eigenvalue weighted by atomic mass is 16.5. The molecule has 0 aliphatic heterocycles. The molecule has 0 saturated carbocycles. The predicted molar refractivity (Wildman–Crippen MR) is 130 cm³/mol. The molecule has 5 nitrogen and oxygen atoms in total. The Labute approximate surface area is 188 Å². The lowest BCUT2D eigenvalue weighted by molar-refractivity contribution is 0.102. The van der Waals surface area contributed by atoms with Gasteiger partial charge in [0.15, 0.2) is 0 Å². The van der Waals surface area contributed by atoms with E-state index in [2.05, 4.69) is 22.2 Å². The Bertz CT molecular complexity index is 1110. The molecule has 0 spiro atoms. The Morgan fingerprint density at radius 3 is 2.41 bits per heavy atom. The van der Waals surface area contributed by atoms with Crippen molar-refractivity contribution >= 4 is 22.6 Å². The number of aromatic nitrogens is 2. The number of benzene rings is 3. The molecule has 1 amide bonds. The number of hydrogen-bond donors (Lipinski definition) is 2. The predicted octanol–water partition coefficient (Wildman–Crippen LogP) is 6.83. The van der Waals surface area contributed by atoms with Crippen LogP contribution in [-0.4, -0.2) is 22.5 Å². The number of hydrogen-bond acceptors (Lipinski definition) is 3. The maximum absolute atomic E-state index is 12.6. The largest absolute Gasteiger partial charge is 0.494 e. The second kappa shape index (κ2) is 10.6. The van der Waals surface area contributed by atoms with E-state index < -0.39 is 0 Å². The lowest BCUT2D eigenvalue weighted by atomic mass is 10.1. The van der Waals surface area contributed by atoms with E-state index in [1.54, 1.807) is 12.1 Å². The van der Waals surface area contributed by atoms with E-state index in [1.165, 1.54) is 25.7 Å². The Hall–Kier alpha value is -3.60. The van der Waals surface area contributed by atoms with Crippen molar-refractivity contribution in [2.24, 2.45) is 0 Å². The molecule has 3 aromatic carbocycles. The number of para-hydroxylation sites is 2. The van der Waals surface area contributed by atoms with Gasteiger partial charge in [-0.2, -0.15) is 0 Å². The maximum Gasteiger partial charge on any atom is 0.255 e. The summed E-state index contributed by atoms with van der Waals surface area (Å²) in [5, 5.41) is 2.94. The Kier molecular flexibility index (Phi) is 7.18. The van der Waals surface area contributed by atoms with Gasteiger partial charge in [-0.05, 0) is 67.1 Å². The summed E-state index contributed by atoms with van der Waals surface area (Å²) >= 11 is 0. The van der Waals surface area contributed by atoms with Crippen LogP contribution in [0.3, 0.4) is 0 Å². The number of nitrogens with one attached hydrogen (secondary N) is 2. The number of aromatic amines is 1. The Morgan fingerprint density at radius 2 is 1.66 bits per heavy atom. The average Bonchev–Trinajstić information content (AvgIpc) is 3.26. The van der Waals surface area contributed by atoms with Gasteiger partial charge >= 0.3 is 0 Å². The summed E-state index contributed by atoms with van der Waals surface area (Å²) < 4.78 is 5.78. The van der Waals surface area contributed by atoms with Crippen LogP contribution in [0.4, 0.5) is 5.69 Å². The summed E-state index contributed by atoms with van der Waals surface area (Å²) in [5.74, 6) is 1.46. The van der Waals surface area contributed by atoms with Crippen molar-refractivity contribution in [3.63, 3.8) is 0 Å². The molecule has 0 bridgehead atoms. The molecule has 5 heteroatoms. The summed E-state index contributed by atoms with van der Waals surface area (Å²) in [7, 11) is 0. The molecule has 0 fully saturated rings. The highest BCUT2D eigenvalue weighted by molar-refractivity contribution is 6.04. The van der Waals surface area contributed by atoms with Gasteiger partial charge in [0, 0.05) is 16.8 Å². The number of amides is 1. The Balaban J connectivity index is 1.30. The smallest absolute Gasteiger partial charge is 0.255 e. The van der Waals surface area contributed by atoms with Gasteiger partial charge in [-0.1, -0.05) is 44.7 Å². The van der Waals surface area contributed by atoms with E-state index in [-0.39, 0.29) is 5.91 Å². The maximum atomic E-state index is 12.6. The number of nitrogens with zero attached hydrogens (tertiary/aromatic N) is 1. The summed E-state index contributed by atoms with van der Waals surface area (Å²) in [6.45, 7) is 2.93. The lowest BCUT2D eigenvalue weighted by Gasteiger charge is -2.08. The molecule has 32 heavy (non-hydrogen) atoms. The number of fused-ring (bicyclic) bond motifs is 1. The minimum atomic E-state index is -0.146. The van der Waals surface area contributed by atoms with Crippen molar-refractivity contribution in [2.75, 3.05) is 11.9 Å². The fraction of sp³-hybridized carbons (Fsp3) is 0.259. The van der Waals surface area contributed by atoms with Crippen LogP contribution in [0.1, 0.15) is 49.4 Å². The number of carbonyl (C=O) groups is 1. The molecule has 0 aliphatic carbocycles. The van der Waals surface area contributed by atoms with Crippen LogP contribution in [0.15, 0.2) is 72.8 Å². The highest BCUT2D eigenvalue weighted by Gasteiger charge is 2.08. The lowest BCUT2D eigenvalue weighted by Crippen LogP contribution is -2.11. The zero-order valence-corrected chi connectivity index (χ0v) is 18.4. The van der Waals surface area contributed by atoms with Crippen LogP contribution in [0, 0.1) is 0 Å². The van der Waals surface area contributed by atoms with E-state index in [0.29, 0.717) is 12.2 Å². The minimum absolute atomic E-state index is 0.146. The number of anilines is 1. The first kappa shape index (κ1) is 21.6. The summed E-state index contributed by atoms with van der Waals surface area (Å²) in [6, 6.07) is 22.9. The average molecular weight is 428 g/mol. The molecule has 0 unspecified atom stereocenters.